The Kier molecular flexibility index (Phi) is 4.90. The van der Waals surface area contributed by atoms with Crippen LogP contribution in [0.15, 0.2) is 10.9 Å². The molecule has 0 aliphatic rings. The van der Waals surface area contributed by atoms with Gasteiger partial charge in [0.2, 0.25) is 0 Å². The predicted molar refractivity (Wildman–Crippen MR) is 68.1 cm³/mol. The molecule has 5 nitrogen and oxygen atoms in total. The van der Waals surface area contributed by atoms with Gasteiger partial charge < -0.3 is 16.5 Å². The summed E-state index contributed by atoms with van der Waals surface area (Å²) >= 11 is 0. The Labute approximate surface area is 100 Å². The number of Topliss-reactive ketones (excluding diaryl/α,β-unsaturated/α-hetero) is 1. The maximum Gasteiger partial charge on any atom is 0.194 e. The molecule has 17 heavy (non-hydrogen) atoms. The smallest absolute Gasteiger partial charge is 0.194 e. The van der Waals surface area contributed by atoms with Crippen LogP contribution in [-0.2, 0) is 6.42 Å². The molecule has 0 atom stereocenters. The Hall–Kier alpha value is -1.62. The number of nitrogen functional groups attached to an aromatic ring is 1. The summed E-state index contributed by atoms with van der Waals surface area (Å²) in [6.45, 7) is 2.34. The van der Waals surface area contributed by atoms with Crippen LogP contribution in [0.25, 0.3) is 0 Å². The van der Waals surface area contributed by atoms with Crippen LogP contribution >= 0.6 is 0 Å². The number of pyridine rings is 1. The van der Waals surface area contributed by atoms with Gasteiger partial charge in [-0.3, -0.25) is 9.59 Å². The van der Waals surface area contributed by atoms with Gasteiger partial charge in [0.1, 0.15) is 11.4 Å². The molecule has 0 radical (unpaired) electrons. The van der Waals surface area contributed by atoms with E-state index < -0.39 is 0 Å². The molecule has 5 N–H and O–H groups in total. The van der Waals surface area contributed by atoms with Crippen molar-refractivity contribution in [3.05, 3.63) is 27.5 Å². The van der Waals surface area contributed by atoms with Gasteiger partial charge in [0, 0.05) is 18.2 Å². The molecule has 1 heterocycles. The molecule has 0 spiro atoms. The molecular formula is C12H19N3O2. The first-order valence-corrected chi connectivity index (χ1v) is 5.85. The highest BCUT2D eigenvalue weighted by atomic mass is 16.1. The van der Waals surface area contributed by atoms with Crippen molar-refractivity contribution in [1.29, 1.82) is 0 Å². The normalized spacial score (nSPS) is 10.5. The fourth-order valence-electron chi connectivity index (χ4n) is 1.69. The van der Waals surface area contributed by atoms with Gasteiger partial charge in [-0.1, -0.05) is 6.92 Å². The SMILES string of the molecule is CCC(=O)c1c(N)[nH]c(CCCCN)cc1=O. The molecule has 1 rings (SSSR count). The first-order chi connectivity index (χ1) is 8.10. The maximum absolute atomic E-state index is 11.7. The van der Waals surface area contributed by atoms with Crippen LogP contribution in [0.3, 0.4) is 0 Å². The molecule has 0 aliphatic heterocycles. The van der Waals surface area contributed by atoms with E-state index in [0.717, 1.165) is 25.0 Å². The average Bonchev–Trinajstić information content (AvgIpc) is 2.28. The number of unbranched alkanes of at least 4 members (excludes halogenated alkanes) is 1. The van der Waals surface area contributed by atoms with Crippen LogP contribution in [-0.4, -0.2) is 17.3 Å². The van der Waals surface area contributed by atoms with Crippen molar-refractivity contribution < 1.29 is 4.79 Å². The van der Waals surface area contributed by atoms with Gasteiger partial charge in [-0.15, -0.1) is 0 Å². The van der Waals surface area contributed by atoms with Gasteiger partial charge in [0.15, 0.2) is 11.2 Å². The zero-order valence-electron chi connectivity index (χ0n) is 10.1. The summed E-state index contributed by atoms with van der Waals surface area (Å²) < 4.78 is 0. The molecule has 0 saturated carbocycles. The van der Waals surface area contributed by atoms with Crippen molar-refractivity contribution in [3.63, 3.8) is 0 Å². The lowest BCUT2D eigenvalue weighted by Crippen LogP contribution is -2.19. The lowest BCUT2D eigenvalue weighted by Gasteiger charge is -2.06. The Bertz CT molecular complexity index is 452. The standard InChI is InChI=1S/C12H19N3O2/c1-2-9(16)11-10(17)7-8(15-12(11)14)5-3-4-6-13/h7H,2-6,13H2,1H3,(H3,14,15,17). The van der Waals surface area contributed by atoms with Crippen molar-refractivity contribution in [1.82, 2.24) is 4.98 Å². The van der Waals surface area contributed by atoms with Crippen molar-refractivity contribution in [2.75, 3.05) is 12.3 Å². The Balaban J connectivity index is 2.94. The van der Waals surface area contributed by atoms with E-state index in [1.165, 1.54) is 6.07 Å². The van der Waals surface area contributed by atoms with E-state index in [-0.39, 0.29) is 29.0 Å². The molecule has 1 aromatic heterocycles. The number of ketones is 1. The molecule has 0 amide bonds. The third kappa shape index (κ3) is 3.42. The number of nitrogens with one attached hydrogen (secondary N) is 1. The lowest BCUT2D eigenvalue weighted by molar-refractivity contribution is 0.0987. The average molecular weight is 237 g/mol. The third-order valence-electron chi connectivity index (χ3n) is 2.62. The van der Waals surface area contributed by atoms with Gasteiger partial charge >= 0.3 is 0 Å². The monoisotopic (exact) mass is 237 g/mol. The van der Waals surface area contributed by atoms with Gasteiger partial charge in [0.25, 0.3) is 0 Å². The van der Waals surface area contributed by atoms with Crippen LogP contribution in [0.1, 0.15) is 42.2 Å². The zero-order valence-corrected chi connectivity index (χ0v) is 10.1. The molecular weight excluding hydrogens is 218 g/mol. The maximum atomic E-state index is 11.7. The number of hydrogen-bond acceptors (Lipinski definition) is 4. The van der Waals surface area contributed by atoms with E-state index in [4.69, 9.17) is 11.5 Å². The summed E-state index contributed by atoms with van der Waals surface area (Å²) in [6.07, 6.45) is 2.79. The second-order valence-corrected chi connectivity index (χ2v) is 3.97. The molecule has 0 saturated heterocycles. The molecule has 0 unspecified atom stereocenters. The highest BCUT2D eigenvalue weighted by molar-refractivity contribution is 5.99. The minimum absolute atomic E-state index is 0.0788. The van der Waals surface area contributed by atoms with Crippen LogP contribution < -0.4 is 16.9 Å². The number of hydrogen-bond donors (Lipinski definition) is 3. The number of aromatic nitrogens is 1. The molecule has 1 aromatic rings. The largest absolute Gasteiger partial charge is 0.385 e. The molecule has 0 fully saturated rings. The van der Waals surface area contributed by atoms with E-state index in [1.54, 1.807) is 6.92 Å². The fourth-order valence-corrected chi connectivity index (χ4v) is 1.69. The van der Waals surface area contributed by atoms with Crippen molar-refractivity contribution in [2.24, 2.45) is 5.73 Å². The number of rotatable bonds is 6. The number of nitrogens with two attached hydrogens (primary N) is 2. The Morgan fingerprint density at radius 1 is 1.41 bits per heavy atom. The van der Waals surface area contributed by atoms with Crippen molar-refractivity contribution in [3.8, 4) is 0 Å². The van der Waals surface area contributed by atoms with Crippen LogP contribution in [0.2, 0.25) is 0 Å². The summed E-state index contributed by atoms with van der Waals surface area (Å²) in [5.41, 5.74) is 11.6. The number of carbonyl (C=O) groups excluding carboxylic acids is 1. The van der Waals surface area contributed by atoms with E-state index in [9.17, 15) is 9.59 Å². The van der Waals surface area contributed by atoms with Gasteiger partial charge in [-0.2, -0.15) is 0 Å². The second-order valence-electron chi connectivity index (χ2n) is 3.97. The number of carbonyl (C=O) groups is 1. The van der Waals surface area contributed by atoms with Crippen LogP contribution in [0, 0.1) is 0 Å². The highest BCUT2D eigenvalue weighted by Crippen LogP contribution is 2.09. The summed E-state index contributed by atoms with van der Waals surface area (Å²) in [5.74, 6) is -0.0515. The number of aromatic amines is 1. The van der Waals surface area contributed by atoms with Gasteiger partial charge in [0.05, 0.1) is 0 Å². The zero-order chi connectivity index (χ0) is 12.8. The van der Waals surface area contributed by atoms with E-state index in [1.807, 2.05) is 0 Å². The Morgan fingerprint density at radius 2 is 2.12 bits per heavy atom. The predicted octanol–water partition coefficient (Wildman–Crippen LogP) is 0.831. The molecule has 0 bridgehead atoms. The number of aryl methyl sites for hydroxylation is 1. The Morgan fingerprint density at radius 3 is 2.65 bits per heavy atom. The third-order valence-corrected chi connectivity index (χ3v) is 2.62. The minimum atomic E-state index is -0.296. The summed E-state index contributed by atoms with van der Waals surface area (Å²) in [7, 11) is 0. The second kappa shape index (κ2) is 6.20. The van der Waals surface area contributed by atoms with Crippen molar-refractivity contribution in [2.45, 2.75) is 32.6 Å². The van der Waals surface area contributed by atoms with E-state index in [2.05, 4.69) is 4.98 Å². The summed E-state index contributed by atoms with van der Waals surface area (Å²) in [6, 6.07) is 1.45. The fraction of sp³-hybridized carbons (Fsp3) is 0.500. The molecule has 94 valence electrons. The molecule has 0 aromatic carbocycles. The quantitative estimate of drug-likeness (QED) is 0.503. The molecule has 5 heteroatoms. The van der Waals surface area contributed by atoms with Gasteiger partial charge in [-0.05, 0) is 25.8 Å². The number of anilines is 1. The first-order valence-electron chi connectivity index (χ1n) is 5.85. The summed E-state index contributed by atoms with van der Waals surface area (Å²) in [5, 5.41) is 0. The molecule has 0 aliphatic carbocycles. The highest BCUT2D eigenvalue weighted by Gasteiger charge is 2.13. The lowest BCUT2D eigenvalue weighted by atomic mass is 10.1. The van der Waals surface area contributed by atoms with E-state index >= 15 is 0 Å². The summed E-state index contributed by atoms with van der Waals surface area (Å²) in [4.78, 5) is 26.2. The minimum Gasteiger partial charge on any atom is -0.385 e. The van der Waals surface area contributed by atoms with Crippen LogP contribution in [0.5, 0.6) is 0 Å². The first kappa shape index (κ1) is 13.4. The van der Waals surface area contributed by atoms with E-state index in [0.29, 0.717) is 6.54 Å². The van der Waals surface area contributed by atoms with Gasteiger partial charge in [-0.25, -0.2) is 0 Å². The van der Waals surface area contributed by atoms with Crippen molar-refractivity contribution >= 4 is 11.6 Å². The topological polar surface area (TPSA) is 102 Å². The van der Waals surface area contributed by atoms with Crippen LogP contribution in [0.4, 0.5) is 5.82 Å². The number of H-pyrrole nitrogens is 1.